The molecule has 84 valence electrons. The highest BCUT2D eigenvalue weighted by Gasteiger charge is 2.08. The summed E-state index contributed by atoms with van der Waals surface area (Å²) < 4.78 is 0. The van der Waals surface area contributed by atoms with Crippen molar-refractivity contribution >= 4 is 34.1 Å². The SMILES string of the molecule is Clc1cccc(-c2n[nH]c3ccc(Cl)cc23)c1. The van der Waals surface area contributed by atoms with Gasteiger partial charge in [-0.3, -0.25) is 5.10 Å². The molecule has 3 rings (SSSR count). The first-order chi connectivity index (χ1) is 8.24. The lowest BCUT2D eigenvalue weighted by Gasteiger charge is -1.98. The van der Waals surface area contributed by atoms with Gasteiger partial charge in [0.2, 0.25) is 0 Å². The summed E-state index contributed by atoms with van der Waals surface area (Å²) in [5.41, 5.74) is 2.81. The molecule has 0 amide bonds. The normalized spacial score (nSPS) is 10.9. The zero-order valence-corrected chi connectivity index (χ0v) is 10.3. The molecule has 0 aliphatic heterocycles. The molecule has 0 saturated carbocycles. The quantitative estimate of drug-likeness (QED) is 0.686. The van der Waals surface area contributed by atoms with Gasteiger partial charge in [0, 0.05) is 21.0 Å². The van der Waals surface area contributed by atoms with Crippen molar-refractivity contribution in [3.05, 3.63) is 52.5 Å². The third kappa shape index (κ3) is 1.90. The van der Waals surface area contributed by atoms with Crippen molar-refractivity contribution in [2.75, 3.05) is 0 Å². The van der Waals surface area contributed by atoms with Crippen LogP contribution in [0.4, 0.5) is 0 Å². The van der Waals surface area contributed by atoms with E-state index in [2.05, 4.69) is 10.2 Å². The van der Waals surface area contributed by atoms with Gasteiger partial charge in [0.05, 0.1) is 11.2 Å². The second kappa shape index (κ2) is 4.06. The van der Waals surface area contributed by atoms with E-state index in [0.717, 1.165) is 22.2 Å². The number of H-pyrrole nitrogens is 1. The Morgan fingerprint density at radius 1 is 0.941 bits per heavy atom. The Labute approximate surface area is 108 Å². The van der Waals surface area contributed by atoms with Crippen LogP contribution >= 0.6 is 23.2 Å². The maximum atomic E-state index is 6.00. The van der Waals surface area contributed by atoms with Crippen molar-refractivity contribution in [3.63, 3.8) is 0 Å². The van der Waals surface area contributed by atoms with Crippen molar-refractivity contribution in [2.45, 2.75) is 0 Å². The minimum atomic E-state index is 0.695. The molecule has 0 saturated heterocycles. The van der Waals surface area contributed by atoms with E-state index in [1.165, 1.54) is 0 Å². The van der Waals surface area contributed by atoms with Gasteiger partial charge >= 0.3 is 0 Å². The molecule has 0 bridgehead atoms. The van der Waals surface area contributed by atoms with E-state index >= 15 is 0 Å². The lowest BCUT2D eigenvalue weighted by Crippen LogP contribution is -1.78. The average Bonchev–Trinajstić information content (AvgIpc) is 2.71. The van der Waals surface area contributed by atoms with Crippen LogP contribution in [0.15, 0.2) is 42.5 Å². The van der Waals surface area contributed by atoms with Gasteiger partial charge in [-0.05, 0) is 30.3 Å². The van der Waals surface area contributed by atoms with Gasteiger partial charge < -0.3 is 0 Å². The molecule has 1 aromatic heterocycles. The van der Waals surface area contributed by atoms with Crippen LogP contribution in [0.5, 0.6) is 0 Å². The summed E-state index contributed by atoms with van der Waals surface area (Å²) >= 11 is 12.0. The maximum absolute atomic E-state index is 6.00. The molecule has 17 heavy (non-hydrogen) atoms. The summed E-state index contributed by atoms with van der Waals surface area (Å²) in [6.45, 7) is 0. The maximum Gasteiger partial charge on any atom is 0.1000 e. The van der Waals surface area contributed by atoms with Crippen LogP contribution in [0.25, 0.3) is 22.2 Å². The van der Waals surface area contributed by atoms with Gasteiger partial charge in [-0.25, -0.2) is 0 Å². The van der Waals surface area contributed by atoms with Crippen LogP contribution in [0.1, 0.15) is 0 Å². The summed E-state index contributed by atoms with van der Waals surface area (Å²) in [7, 11) is 0. The molecule has 0 aliphatic rings. The van der Waals surface area contributed by atoms with Gasteiger partial charge in [0.1, 0.15) is 0 Å². The predicted molar refractivity (Wildman–Crippen MR) is 71.5 cm³/mol. The summed E-state index contributed by atoms with van der Waals surface area (Å²) in [6.07, 6.45) is 0. The summed E-state index contributed by atoms with van der Waals surface area (Å²) in [6, 6.07) is 13.3. The van der Waals surface area contributed by atoms with Crippen molar-refractivity contribution in [1.29, 1.82) is 0 Å². The van der Waals surface area contributed by atoms with Gasteiger partial charge in [-0.2, -0.15) is 5.10 Å². The van der Waals surface area contributed by atoms with Crippen LogP contribution in [0.3, 0.4) is 0 Å². The van der Waals surface area contributed by atoms with Crippen molar-refractivity contribution in [2.24, 2.45) is 0 Å². The number of hydrogen-bond donors (Lipinski definition) is 1. The molecule has 2 nitrogen and oxygen atoms in total. The fourth-order valence-corrected chi connectivity index (χ4v) is 2.20. The van der Waals surface area contributed by atoms with Crippen LogP contribution in [-0.2, 0) is 0 Å². The van der Waals surface area contributed by atoms with E-state index in [4.69, 9.17) is 23.2 Å². The van der Waals surface area contributed by atoms with Crippen molar-refractivity contribution < 1.29 is 0 Å². The monoisotopic (exact) mass is 262 g/mol. The Balaban J connectivity index is 2.27. The number of fused-ring (bicyclic) bond motifs is 1. The summed E-state index contributed by atoms with van der Waals surface area (Å²) in [5.74, 6) is 0. The molecule has 0 aliphatic carbocycles. The van der Waals surface area contributed by atoms with Gasteiger partial charge in [-0.1, -0.05) is 35.3 Å². The molecule has 0 spiro atoms. The lowest BCUT2D eigenvalue weighted by molar-refractivity contribution is 1.12. The fraction of sp³-hybridized carbons (Fsp3) is 0. The molecule has 0 unspecified atom stereocenters. The number of rotatable bonds is 1. The first-order valence-electron chi connectivity index (χ1n) is 5.13. The third-order valence-electron chi connectivity index (χ3n) is 2.62. The van der Waals surface area contributed by atoms with Gasteiger partial charge in [0.15, 0.2) is 0 Å². The van der Waals surface area contributed by atoms with Crippen LogP contribution in [-0.4, -0.2) is 10.2 Å². The Bertz CT molecular complexity index is 689. The van der Waals surface area contributed by atoms with Gasteiger partial charge in [0.25, 0.3) is 0 Å². The molecule has 3 aromatic rings. The van der Waals surface area contributed by atoms with Crippen LogP contribution in [0.2, 0.25) is 10.0 Å². The number of halogens is 2. The number of aromatic amines is 1. The Hall–Kier alpha value is -1.51. The topological polar surface area (TPSA) is 28.7 Å². The molecule has 0 atom stereocenters. The van der Waals surface area contributed by atoms with Crippen LogP contribution in [0, 0.1) is 0 Å². The van der Waals surface area contributed by atoms with E-state index in [1.54, 1.807) is 0 Å². The molecule has 1 heterocycles. The lowest BCUT2D eigenvalue weighted by atomic mass is 10.1. The van der Waals surface area contributed by atoms with Crippen molar-refractivity contribution in [3.8, 4) is 11.3 Å². The van der Waals surface area contributed by atoms with Gasteiger partial charge in [-0.15, -0.1) is 0 Å². The summed E-state index contributed by atoms with van der Waals surface area (Å²) in [5, 5.41) is 9.68. The number of nitrogens with one attached hydrogen (secondary N) is 1. The average molecular weight is 263 g/mol. The smallest absolute Gasteiger partial charge is 0.1000 e. The highest BCUT2D eigenvalue weighted by Crippen LogP contribution is 2.29. The molecule has 2 aromatic carbocycles. The molecule has 1 N–H and O–H groups in total. The largest absolute Gasteiger partial charge is 0.277 e. The minimum absolute atomic E-state index is 0.695. The minimum Gasteiger partial charge on any atom is -0.277 e. The van der Waals surface area contributed by atoms with E-state index in [-0.39, 0.29) is 0 Å². The zero-order valence-electron chi connectivity index (χ0n) is 8.74. The third-order valence-corrected chi connectivity index (χ3v) is 3.09. The van der Waals surface area contributed by atoms with E-state index in [1.807, 2.05) is 42.5 Å². The molecule has 4 heteroatoms. The number of benzene rings is 2. The standard InChI is InChI=1S/C13H8Cl2N2/c14-9-3-1-2-8(6-9)13-11-7-10(15)4-5-12(11)16-17-13/h1-7H,(H,16,17). The molecule has 0 fully saturated rings. The Morgan fingerprint density at radius 3 is 2.59 bits per heavy atom. The highest BCUT2D eigenvalue weighted by atomic mass is 35.5. The second-order valence-corrected chi connectivity index (χ2v) is 4.65. The Kier molecular flexibility index (Phi) is 2.54. The highest BCUT2D eigenvalue weighted by molar-refractivity contribution is 6.31. The Morgan fingerprint density at radius 2 is 1.76 bits per heavy atom. The molecular formula is C13H8Cl2N2. The number of nitrogens with zero attached hydrogens (tertiary/aromatic N) is 1. The summed E-state index contributed by atoms with van der Waals surface area (Å²) in [4.78, 5) is 0. The predicted octanol–water partition coefficient (Wildman–Crippen LogP) is 4.54. The first-order valence-corrected chi connectivity index (χ1v) is 5.89. The fourth-order valence-electron chi connectivity index (χ4n) is 1.84. The molecule has 0 radical (unpaired) electrons. The van der Waals surface area contributed by atoms with E-state index in [9.17, 15) is 0 Å². The number of hydrogen-bond acceptors (Lipinski definition) is 1. The molecular weight excluding hydrogens is 255 g/mol. The van der Waals surface area contributed by atoms with Crippen LogP contribution < -0.4 is 0 Å². The van der Waals surface area contributed by atoms with E-state index in [0.29, 0.717) is 10.0 Å². The zero-order chi connectivity index (χ0) is 11.8. The first kappa shape index (κ1) is 10.6. The van der Waals surface area contributed by atoms with Crippen molar-refractivity contribution in [1.82, 2.24) is 10.2 Å². The number of aromatic nitrogens is 2. The van der Waals surface area contributed by atoms with E-state index < -0.39 is 0 Å². The second-order valence-electron chi connectivity index (χ2n) is 3.77.